The Hall–Kier alpha value is -2.50. The minimum absolute atomic E-state index is 0.571. The number of hydrogen-bond donors (Lipinski definition) is 1. The molecule has 0 atom stereocenters. The summed E-state index contributed by atoms with van der Waals surface area (Å²) in [6.45, 7) is 0. The van der Waals surface area contributed by atoms with Gasteiger partial charge in [0.2, 0.25) is 0 Å². The number of carbonyl (C=O) groups excluding carboxylic acids is 1. The number of hydrogen-bond acceptors (Lipinski definition) is 3. The Bertz CT molecular complexity index is 1110. The molecule has 3 nitrogen and oxygen atoms in total. The van der Waals surface area contributed by atoms with Crippen LogP contribution in [0.1, 0.15) is 16.0 Å². The largest absolute Gasteiger partial charge is 0.427 e. The number of halogens is 3. The molecule has 4 rings (SSSR count). The van der Waals surface area contributed by atoms with Crippen molar-refractivity contribution in [3.05, 3.63) is 121 Å². The predicted octanol–water partition coefficient (Wildman–Crippen LogP) is 8.25. The summed E-state index contributed by atoms with van der Waals surface area (Å²) in [5.74, 6) is 0. The van der Waals surface area contributed by atoms with Gasteiger partial charge >= 0.3 is 6.09 Å². The van der Waals surface area contributed by atoms with Crippen molar-refractivity contribution in [3.63, 3.8) is 0 Å². The molecule has 0 radical (unpaired) electrons. The second kappa shape index (κ2) is 9.33. The Morgan fingerprint density at radius 3 is 1.68 bits per heavy atom. The van der Waals surface area contributed by atoms with Gasteiger partial charge in [-0.2, -0.15) is 0 Å². The maximum atomic E-state index is 13.1. The second-order valence-corrected chi connectivity index (χ2v) is 8.95. The van der Waals surface area contributed by atoms with Crippen LogP contribution in [-0.2, 0) is 10.3 Å². The van der Waals surface area contributed by atoms with Crippen molar-refractivity contribution < 1.29 is 9.53 Å². The lowest BCUT2D eigenvalue weighted by molar-refractivity contribution is 0.0810. The predicted molar refractivity (Wildman–Crippen MR) is 129 cm³/mol. The first-order chi connectivity index (χ1) is 15.0. The third-order valence-electron chi connectivity index (χ3n) is 4.71. The first-order valence-corrected chi connectivity index (χ1v) is 11.3. The van der Waals surface area contributed by atoms with Crippen LogP contribution in [0.4, 0.5) is 10.5 Å². The van der Waals surface area contributed by atoms with E-state index in [-0.39, 0.29) is 0 Å². The van der Waals surface area contributed by atoms with Gasteiger partial charge in [0.15, 0.2) is 5.60 Å². The lowest BCUT2D eigenvalue weighted by atomic mass is 9.84. The smallest absolute Gasteiger partial charge is 0.413 e. The van der Waals surface area contributed by atoms with Crippen LogP contribution in [0.25, 0.3) is 0 Å². The van der Waals surface area contributed by atoms with E-state index in [0.29, 0.717) is 20.8 Å². The lowest BCUT2D eigenvalue weighted by Gasteiger charge is -2.34. The van der Waals surface area contributed by atoms with Crippen molar-refractivity contribution >= 4 is 57.9 Å². The minimum atomic E-state index is -1.19. The topological polar surface area (TPSA) is 38.3 Å². The summed E-state index contributed by atoms with van der Waals surface area (Å²) < 4.78 is 6.21. The first-order valence-electron chi connectivity index (χ1n) is 9.29. The van der Waals surface area contributed by atoms with Gasteiger partial charge in [-0.1, -0.05) is 65.1 Å². The molecule has 0 aliphatic carbocycles. The van der Waals surface area contributed by atoms with Gasteiger partial charge in [-0.05, 0) is 60.0 Å². The molecule has 4 aromatic rings. The molecule has 7 heteroatoms. The fraction of sp³-hybridized carbons (Fsp3) is 0.0417. The molecule has 0 saturated carbocycles. The lowest BCUT2D eigenvalue weighted by Crippen LogP contribution is -2.36. The molecular formula is C24H16Cl3NO2S. The zero-order chi connectivity index (χ0) is 21.8. The number of benzene rings is 3. The zero-order valence-corrected chi connectivity index (χ0v) is 19.1. The standard InChI is InChI=1S/C24H16Cl3NO2S/c25-18-7-3-16(4-8-18)24(22-2-1-15-31-22,17-5-9-19(26)10-6-17)30-23(29)28-21-13-11-20(27)12-14-21/h1-15H,(H,28,29). The highest BCUT2D eigenvalue weighted by atomic mass is 35.5. The number of ether oxygens (including phenoxy) is 1. The summed E-state index contributed by atoms with van der Waals surface area (Å²) in [5.41, 5.74) is 0.891. The van der Waals surface area contributed by atoms with E-state index in [1.165, 1.54) is 11.3 Å². The Balaban J connectivity index is 1.82. The van der Waals surface area contributed by atoms with Crippen molar-refractivity contribution in [3.8, 4) is 0 Å². The average Bonchev–Trinajstić information content (AvgIpc) is 3.30. The van der Waals surface area contributed by atoms with E-state index in [1.807, 2.05) is 41.8 Å². The van der Waals surface area contributed by atoms with E-state index >= 15 is 0 Å². The molecule has 31 heavy (non-hydrogen) atoms. The Morgan fingerprint density at radius 2 is 1.23 bits per heavy atom. The highest BCUT2D eigenvalue weighted by Gasteiger charge is 2.41. The van der Waals surface area contributed by atoms with Crippen LogP contribution < -0.4 is 5.32 Å². The molecular weight excluding hydrogens is 473 g/mol. The van der Waals surface area contributed by atoms with Crippen molar-refractivity contribution in [2.24, 2.45) is 0 Å². The first kappa shape index (κ1) is 21.7. The number of anilines is 1. The van der Waals surface area contributed by atoms with Crippen LogP contribution in [0, 0.1) is 0 Å². The van der Waals surface area contributed by atoms with Crippen LogP contribution in [0.3, 0.4) is 0 Å². The summed E-state index contributed by atoms with van der Waals surface area (Å²) in [6, 6.07) is 25.2. The monoisotopic (exact) mass is 487 g/mol. The van der Waals surface area contributed by atoms with Gasteiger partial charge in [0.1, 0.15) is 0 Å². The van der Waals surface area contributed by atoms with Gasteiger partial charge in [0.05, 0.1) is 4.88 Å². The Kier molecular flexibility index (Phi) is 6.54. The zero-order valence-electron chi connectivity index (χ0n) is 16.0. The summed E-state index contributed by atoms with van der Waals surface area (Å²) in [7, 11) is 0. The maximum Gasteiger partial charge on any atom is 0.413 e. The quantitative estimate of drug-likeness (QED) is 0.307. The Labute approximate surface area is 199 Å². The molecule has 0 aliphatic heterocycles. The molecule has 1 aromatic heterocycles. The second-order valence-electron chi connectivity index (χ2n) is 6.69. The molecule has 0 unspecified atom stereocenters. The Morgan fingerprint density at radius 1 is 0.742 bits per heavy atom. The van der Waals surface area contributed by atoms with Crippen LogP contribution in [0.2, 0.25) is 15.1 Å². The summed E-state index contributed by atoms with van der Waals surface area (Å²) >= 11 is 19.7. The third kappa shape index (κ3) is 4.73. The average molecular weight is 489 g/mol. The molecule has 0 bridgehead atoms. The van der Waals surface area contributed by atoms with Crippen molar-refractivity contribution in [2.75, 3.05) is 5.32 Å². The molecule has 1 heterocycles. The van der Waals surface area contributed by atoms with Crippen LogP contribution in [0.15, 0.2) is 90.3 Å². The molecule has 3 aromatic carbocycles. The number of carbonyl (C=O) groups is 1. The van der Waals surface area contributed by atoms with E-state index in [1.54, 1.807) is 48.5 Å². The van der Waals surface area contributed by atoms with E-state index in [2.05, 4.69) is 5.32 Å². The molecule has 0 aliphatic rings. The van der Waals surface area contributed by atoms with E-state index < -0.39 is 11.7 Å². The third-order valence-corrected chi connectivity index (χ3v) is 6.43. The SMILES string of the molecule is O=C(Nc1ccc(Cl)cc1)OC(c1ccc(Cl)cc1)(c1ccc(Cl)cc1)c1cccs1. The molecule has 0 fully saturated rings. The normalized spacial score (nSPS) is 11.2. The number of nitrogens with one attached hydrogen (secondary N) is 1. The van der Waals surface area contributed by atoms with Crippen molar-refractivity contribution in [1.29, 1.82) is 0 Å². The minimum Gasteiger partial charge on any atom is -0.427 e. The maximum absolute atomic E-state index is 13.1. The summed E-state index contributed by atoms with van der Waals surface area (Å²) in [5, 5.41) is 6.48. The van der Waals surface area contributed by atoms with Gasteiger partial charge in [0, 0.05) is 31.9 Å². The highest BCUT2D eigenvalue weighted by molar-refractivity contribution is 7.10. The van der Waals surface area contributed by atoms with Gasteiger partial charge in [-0.25, -0.2) is 4.79 Å². The van der Waals surface area contributed by atoms with Gasteiger partial charge in [-0.15, -0.1) is 11.3 Å². The highest BCUT2D eigenvalue weighted by Crippen LogP contribution is 2.43. The number of rotatable bonds is 5. The van der Waals surface area contributed by atoms with Gasteiger partial charge in [-0.3, -0.25) is 5.32 Å². The van der Waals surface area contributed by atoms with Crippen molar-refractivity contribution in [1.82, 2.24) is 0 Å². The van der Waals surface area contributed by atoms with Crippen LogP contribution in [-0.4, -0.2) is 6.09 Å². The molecule has 156 valence electrons. The van der Waals surface area contributed by atoms with Crippen LogP contribution in [0.5, 0.6) is 0 Å². The summed E-state index contributed by atoms with van der Waals surface area (Å²) in [4.78, 5) is 13.9. The molecule has 1 amide bonds. The fourth-order valence-corrected chi connectivity index (χ4v) is 4.57. The number of amides is 1. The van der Waals surface area contributed by atoms with Gasteiger partial charge in [0.25, 0.3) is 0 Å². The fourth-order valence-electron chi connectivity index (χ4n) is 3.28. The van der Waals surface area contributed by atoms with Gasteiger partial charge < -0.3 is 4.74 Å². The molecule has 0 spiro atoms. The van der Waals surface area contributed by atoms with E-state index in [4.69, 9.17) is 39.5 Å². The van der Waals surface area contributed by atoms with Crippen molar-refractivity contribution in [2.45, 2.75) is 5.60 Å². The van der Waals surface area contributed by atoms with E-state index in [9.17, 15) is 4.79 Å². The van der Waals surface area contributed by atoms with E-state index in [0.717, 1.165) is 16.0 Å². The molecule has 1 N–H and O–H groups in total. The number of thiophene rings is 1. The molecule has 0 saturated heterocycles. The summed E-state index contributed by atoms with van der Waals surface area (Å²) in [6.07, 6.45) is -0.611. The van der Waals surface area contributed by atoms with Crippen LogP contribution >= 0.6 is 46.1 Å².